The van der Waals surface area contributed by atoms with Crippen LogP contribution in [0.2, 0.25) is 0 Å². The van der Waals surface area contributed by atoms with Crippen LogP contribution in [0.15, 0.2) is 0 Å². The number of amides is 2. The van der Waals surface area contributed by atoms with Crippen molar-refractivity contribution < 1.29 is 9.59 Å². The maximum Gasteiger partial charge on any atom is 0.240 e. The van der Waals surface area contributed by atoms with Crippen LogP contribution in [0.1, 0.15) is 45.4 Å². The zero-order valence-corrected chi connectivity index (χ0v) is 11.5. The smallest absolute Gasteiger partial charge is 0.240 e. The highest BCUT2D eigenvalue weighted by Gasteiger charge is 2.46. The summed E-state index contributed by atoms with van der Waals surface area (Å²) in [5.74, 6) is 0.736. The molecule has 3 rings (SSSR count). The highest BCUT2D eigenvalue weighted by atomic mass is 16.2. The van der Waals surface area contributed by atoms with Crippen molar-refractivity contribution in [2.24, 2.45) is 11.7 Å². The molecule has 3 N–H and O–H groups in total. The number of nitrogens with two attached hydrogens (primary N) is 1. The molecule has 3 atom stereocenters. The fraction of sp³-hybridized carbons (Fsp3) is 0.857. The Kier molecular flexibility index (Phi) is 3.04. The van der Waals surface area contributed by atoms with Crippen LogP contribution in [-0.2, 0) is 9.59 Å². The van der Waals surface area contributed by atoms with Crippen LogP contribution in [0.5, 0.6) is 0 Å². The van der Waals surface area contributed by atoms with Gasteiger partial charge in [0.25, 0.3) is 0 Å². The van der Waals surface area contributed by atoms with Gasteiger partial charge in [0.15, 0.2) is 0 Å². The van der Waals surface area contributed by atoms with Crippen LogP contribution in [0.4, 0.5) is 0 Å². The summed E-state index contributed by atoms with van der Waals surface area (Å²) in [7, 11) is 0. The lowest BCUT2D eigenvalue weighted by Crippen LogP contribution is -2.54. The maximum absolute atomic E-state index is 12.2. The van der Waals surface area contributed by atoms with Crippen molar-refractivity contribution in [3.05, 3.63) is 0 Å². The normalized spacial score (nSPS) is 36.6. The van der Waals surface area contributed by atoms with E-state index in [1.165, 1.54) is 0 Å². The molecule has 2 amide bonds. The summed E-state index contributed by atoms with van der Waals surface area (Å²) in [6.07, 6.45) is 5.13. The van der Waals surface area contributed by atoms with Crippen molar-refractivity contribution >= 4 is 11.8 Å². The fourth-order valence-corrected chi connectivity index (χ4v) is 3.45. The maximum atomic E-state index is 12.2. The van der Waals surface area contributed by atoms with E-state index in [-0.39, 0.29) is 17.9 Å². The highest BCUT2D eigenvalue weighted by molar-refractivity contribution is 5.88. The van der Waals surface area contributed by atoms with Gasteiger partial charge in [-0.3, -0.25) is 9.59 Å². The molecule has 1 aliphatic heterocycles. The molecule has 3 fully saturated rings. The van der Waals surface area contributed by atoms with Gasteiger partial charge >= 0.3 is 0 Å². The summed E-state index contributed by atoms with van der Waals surface area (Å²) >= 11 is 0. The molecule has 0 unspecified atom stereocenters. The third kappa shape index (κ3) is 2.36. The summed E-state index contributed by atoms with van der Waals surface area (Å²) < 4.78 is 0. The van der Waals surface area contributed by atoms with Gasteiger partial charge in [0, 0.05) is 19.0 Å². The van der Waals surface area contributed by atoms with E-state index < -0.39 is 5.54 Å². The van der Waals surface area contributed by atoms with Crippen molar-refractivity contribution in [1.82, 2.24) is 10.2 Å². The van der Waals surface area contributed by atoms with E-state index in [0.29, 0.717) is 24.9 Å². The Hall–Kier alpha value is -1.10. The molecule has 0 aromatic rings. The molecule has 0 aromatic heterocycles. The molecule has 5 heteroatoms. The minimum atomic E-state index is -0.691. The predicted molar refractivity (Wildman–Crippen MR) is 71.2 cm³/mol. The highest BCUT2D eigenvalue weighted by Crippen LogP contribution is 2.37. The zero-order valence-electron chi connectivity index (χ0n) is 11.5. The van der Waals surface area contributed by atoms with Gasteiger partial charge in [0.1, 0.15) is 0 Å². The fourth-order valence-electron chi connectivity index (χ4n) is 3.45. The lowest BCUT2D eigenvalue weighted by atomic mass is 9.97. The van der Waals surface area contributed by atoms with E-state index in [2.05, 4.69) is 12.2 Å². The summed E-state index contributed by atoms with van der Waals surface area (Å²) in [4.78, 5) is 26.1. The van der Waals surface area contributed by atoms with Gasteiger partial charge < -0.3 is 16.0 Å². The first-order chi connectivity index (χ1) is 8.99. The molecule has 19 heavy (non-hydrogen) atoms. The van der Waals surface area contributed by atoms with Crippen LogP contribution in [0.25, 0.3) is 0 Å². The number of rotatable bonds is 3. The second-order valence-corrected chi connectivity index (χ2v) is 6.56. The van der Waals surface area contributed by atoms with Crippen LogP contribution in [0.3, 0.4) is 0 Å². The Bertz CT molecular complexity index is 403. The molecular weight excluding hydrogens is 242 g/mol. The van der Waals surface area contributed by atoms with Crippen LogP contribution < -0.4 is 11.1 Å². The third-order valence-electron chi connectivity index (χ3n) is 4.91. The Morgan fingerprint density at radius 1 is 1.42 bits per heavy atom. The van der Waals surface area contributed by atoms with Crippen molar-refractivity contribution in [3.63, 3.8) is 0 Å². The number of hydrogen-bond donors (Lipinski definition) is 2. The third-order valence-corrected chi connectivity index (χ3v) is 4.91. The lowest BCUT2D eigenvalue weighted by molar-refractivity contribution is -0.128. The van der Waals surface area contributed by atoms with E-state index >= 15 is 0 Å². The quantitative estimate of drug-likeness (QED) is 0.775. The van der Waals surface area contributed by atoms with E-state index in [9.17, 15) is 9.59 Å². The number of carbonyl (C=O) groups is 2. The molecule has 106 valence electrons. The van der Waals surface area contributed by atoms with E-state index in [1.807, 2.05) is 4.90 Å². The lowest BCUT2D eigenvalue weighted by Gasteiger charge is -2.25. The number of hydrogen-bond acceptors (Lipinski definition) is 3. The summed E-state index contributed by atoms with van der Waals surface area (Å²) in [6, 6.07) is 0.363. The SMILES string of the molecule is C[C@@H]1C[C@H]1N1C[C@H](NC(=O)C2(N)CCCC2)CC1=O. The van der Waals surface area contributed by atoms with E-state index in [0.717, 1.165) is 32.1 Å². The zero-order chi connectivity index (χ0) is 13.6. The summed E-state index contributed by atoms with van der Waals surface area (Å²) in [6.45, 7) is 2.83. The molecule has 2 saturated carbocycles. The molecule has 5 nitrogen and oxygen atoms in total. The average molecular weight is 265 g/mol. The van der Waals surface area contributed by atoms with Crippen molar-refractivity contribution in [1.29, 1.82) is 0 Å². The van der Waals surface area contributed by atoms with E-state index in [4.69, 9.17) is 5.73 Å². The van der Waals surface area contributed by atoms with Gasteiger partial charge in [-0.15, -0.1) is 0 Å². The average Bonchev–Trinajstić information content (AvgIpc) is 2.75. The molecule has 0 radical (unpaired) electrons. The summed E-state index contributed by atoms with van der Waals surface area (Å²) in [5.41, 5.74) is 5.44. The van der Waals surface area contributed by atoms with Crippen LogP contribution >= 0.6 is 0 Å². The topological polar surface area (TPSA) is 75.4 Å². The molecule has 1 heterocycles. The predicted octanol–water partition coefficient (Wildman–Crippen LogP) is 0.383. The molecule has 2 aliphatic carbocycles. The number of likely N-dealkylation sites (tertiary alicyclic amines) is 1. The second kappa shape index (κ2) is 4.47. The first-order valence-electron chi connectivity index (χ1n) is 7.39. The van der Waals surface area contributed by atoms with Crippen molar-refractivity contribution in [2.45, 2.75) is 63.1 Å². The summed E-state index contributed by atoms with van der Waals surface area (Å²) in [5, 5.41) is 2.99. The monoisotopic (exact) mass is 265 g/mol. The van der Waals surface area contributed by atoms with Crippen LogP contribution in [0, 0.1) is 5.92 Å². The first-order valence-corrected chi connectivity index (χ1v) is 7.39. The van der Waals surface area contributed by atoms with Gasteiger partial charge in [-0.1, -0.05) is 19.8 Å². The van der Waals surface area contributed by atoms with Gasteiger partial charge in [0.05, 0.1) is 11.6 Å². The molecule has 1 saturated heterocycles. The van der Waals surface area contributed by atoms with Crippen LogP contribution in [-0.4, -0.2) is 40.9 Å². The Balaban J connectivity index is 1.56. The Labute approximate surface area is 113 Å². The standard InChI is InChI=1S/C14H23N3O2/c1-9-6-11(9)17-8-10(7-12(17)18)16-13(19)14(15)4-2-3-5-14/h9-11H,2-8,15H2,1H3,(H,16,19)/t9-,10-,11-/m1/s1. The van der Waals surface area contributed by atoms with Gasteiger partial charge in [-0.2, -0.15) is 0 Å². The van der Waals surface area contributed by atoms with E-state index in [1.54, 1.807) is 0 Å². The number of nitrogens with zero attached hydrogens (tertiary/aromatic N) is 1. The molecule has 0 aromatic carbocycles. The van der Waals surface area contributed by atoms with Gasteiger partial charge in [0.2, 0.25) is 11.8 Å². The van der Waals surface area contributed by atoms with Gasteiger partial charge in [-0.25, -0.2) is 0 Å². The molecule has 3 aliphatic rings. The minimum Gasteiger partial charge on any atom is -0.349 e. The largest absolute Gasteiger partial charge is 0.349 e. The number of nitrogens with one attached hydrogen (secondary N) is 1. The molecule has 0 spiro atoms. The minimum absolute atomic E-state index is 0.0474. The van der Waals surface area contributed by atoms with Crippen molar-refractivity contribution in [2.75, 3.05) is 6.54 Å². The molecular formula is C14H23N3O2. The second-order valence-electron chi connectivity index (χ2n) is 6.56. The Morgan fingerprint density at radius 2 is 2.05 bits per heavy atom. The number of carbonyl (C=O) groups excluding carboxylic acids is 2. The Morgan fingerprint density at radius 3 is 2.63 bits per heavy atom. The molecule has 0 bridgehead atoms. The first kappa shape index (κ1) is 12.9. The van der Waals surface area contributed by atoms with Crippen molar-refractivity contribution in [3.8, 4) is 0 Å². The van der Waals surface area contributed by atoms with Gasteiger partial charge in [-0.05, 0) is 25.2 Å².